The standard InChI is InChI=1S/C17H28O2/c1-4-5-6-7-8-9-10-11-12-13-14-15-19-17(18)16(2)3/h14-16H,4-8,11-13H2,1-3H3/b15-14-. The Morgan fingerprint density at radius 1 is 1.11 bits per heavy atom. The van der Waals surface area contributed by atoms with Gasteiger partial charge in [0.1, 0.15) is 0 Å². The Bertz CT molecular complexity index is 305. The van der Waals surface area contributed by atoms with E-state index < -0.39 is 0 Å². The molecule has 0 saturated heterocycles. The van der Waals surface area contributed by atoms with Crippen molar-refractivity contribution in [3.8, 4) is 11.8 Å². The molecule has 0 amide bonds. The summed E-state index contributed by atoms with van der Waals surface area (Å²) in [5.74, 6) is 6.15. The molecular formula is C17H28O2. The SMILES string of the molecule is CCCCCCC#CCCC/C=C\OC(=O)C(C)C. The first-order valence-electron chi connectivity index (χ1n) is 7.49. The van der Waals surface area contributed by atoms with E-state index >= 15 is 0 Å². The third-order valence-electron chi connectivity index (χ3n) is 2.70. The Balaban J connectivity index is 3.37. The number of unbranched alkanes of at least 4 members (excludes halogenated alkanes) is 6. The summed E-state index contributed by atoms with van der Waals surface area (Å²) in [5, 5.41) is 0. The minimum atomic E-state index is -0.178. The van der Waals surface area contributed by atoms with Crippen LogP contribution < -0.4 is 0 Å². The summed E-state index contributed by atoms with van der Waals surface area (Å²) in [6, 6.07) is 0. The zero-order valence-corrected chi connectivity index (χ0v) is 12.7. The van der Waals surface area contributed by atoms with Crippen molar-refractivity contribution < 1.29 is 9.53 Å². The summed E-state index contributed by atoms with van der Waals surface area (Å²) in [4.78, 5) is 11.1. The molecule has 0 heterocycles. The number of carbonyl (C=O) groups excluding carboxylic acids is 1. The number of rotatable bonds is 9. The minimum Gasteiger partial charge on any atom is -0.435 e. The van der Waals surface area contributed by atoms with Crippen LogP contribution in [0.1, 0.15) is 72.1 Å². The van der Waals surface area contributed by atoms with Crippen LogP contribution in [0, 0.1) is 17.8 Å². The van der Waals surface area contributed by atoms with E-state index in [0.29, 0.717) is 0 Å². The lowest BCUT2D eigenvalue weighted by Crippen LogP contribution is -2.07. The smallest absolute Gasteiger partial charge is 0.313 e. The molecule has 0 rings (SSSR count). The maximum Gasteiger partial charge on any atom is 0.313 e. The monoisotopic (exact) mass is 264 g/mol. The Labute approximate surface area is 118 Å². The molecule has 0 saturated carbocycles. The molecule has 0 aromatic rings. The van der Waals surface area contributed by atoms with Gasteiger partial charge in [0.05, 0.1) is 12.2 Å². The van der Waals surface area contributed by atoms with Gasteiger partial charge in [-0.1, -0.05) is 40.0 Å². The first kappa shape index (κ1) is 17.8. The summed E-state index contributed by atoms with van der Waals surface area (Å²) in [7, 11) is 0. The predicted molar refractivity (Wildman–Crippen MR) is 80.5 cm³/mol. The fraction of sp³-hybridized carbons (Fsp3) is 0.706. The lowest BCUT2D eigenvalue weighted by molar-refractivity contribution is -0.141. The van der Waals surface area contributed by atoms with Crippen LogP contribution in [0.2, 0.25) is 0 Å². The van der Waals surface area contributed by atoms with Crippen LogP contribution in [-0.4, -0.2) is 5.97 Å². The Morgan fingerprint density at radius 3 is 2.42 bits per heavy atom. The van der Waals surface area contributed by atoms with Crippen LogP contribution >= 0.6 is 0 Å². The highest BCUT2D eigenvalue weighted by molar-refractivity contribution is 5.72. The summed E-state index contributed by atoms with van der Waals surface area (Å²) in [6.45, 7) is 5.87. The van der Waals surface area contributed by atoms with Gasteiger partial charge >= 0.3 is 5.97 Å². The van der Waals surface area contributed by atoms with E-state index in [9.17, 15) is 4.79 Å². The maximum absolute atomic E-state index is 11.1. The van der Waals surface area contributed by atoms with E-state index in [2.05, 4.69) is 18.8 Å². The van der Waals surface area contributed by atoms with E-state index in [-0.39, 0.29) is 11.9 Å². The van der Waals surface area contributed by atoms with Gasteiger partial charge < -0.3 is 4.74 Å². The summed E-state index contributed by atoms with van der Waals surface area (Å²) in [5.41, 5.74) is 0. The number of carbonyl (C=O) groups is 1. The molecule has 108 valence electrons. The predicted octanol–water partition coefficient (Wildman–Crippen LogP) is 4.84. The Morgan fingerprint density at radius 2 is 1.79 bits per heavy atom. The van der Waals surface area contributed by atoms with Crippen molar-refractivity contribution in [3.05, 3.63) is 12.3 Å². The molecule has 0 aromatic heterocycles. The van der Waals surface area contributed by atoms with Crippen LogP contribution in [-0.2, 0) is 9.53 Å². The molecule has 0 N–H and O–H groups in total. The fourth-order valence-electron chi connectivity index (χ4n) is 1.44. The van der Waals surface area contributed by atoms with Gasteiger partial charge in [0.2, 0.25) is 0 Å². The quantitative estimate of drug-likeness (QED) is 0.258. The molecule has 0 aromatic carbocycles. The zero-order chi connectivity index (χ0) is 14.3. The second kappa shape index (κ2) is 13.2. The Kier molecular flexibility index (Phi) is 12.4. The van der Waals surface area contributed by atoms with E-state index in [1.807, 2.05) is 19.9 Å². The van der Waals surface area contributed by atoms with Gasteiger partial charge in [-0.25, -0.2) is 0 Å². The molecule has 0 bridgehead atoms. The highest BCUT2D eigenvalue weighted by atomic mass is 16.5. The van der Waals surface area contributed by atoms with Crippen molar-refractivity contribution in [1.29, 1.82) is 0 Å². The average molecular weight is 264 g/mol. The van der Waals surface area contributed by atoms with Gasteiger partial charge in [0, 0.05) is 12.8 Å². The van der Waals surface area contributed by atoms with E-state index in [0.717, 1.165) is 25.7 Å². The second-order valence-electron chi connectivity index (χ2n) is 5.02. The van der Waals surface area contributed by atoms with Crippen molar-refractivity contribution in [3.63, 3.8) is 0 Å². The Hall–Kier alpha value is -1.23. The van der Waals surface area contributed by atoms with Crippen molar-refractivity contribution in [2.24, 2.45) is 5.92 Å². The molecule has 2 nitrogen and oxygen atoms in total. The van der Waals surface area contributed by atoms with E-state index in [4.69, 9.17) is 4.74 Å². The maximum atomic E-state index is 11.1. The molecule has 19 heavy (non-hydrogen) atoms. The normalized spacial score (nSPS) is 10.5. The van der Waals surface area contributed by atoms with Gasteiger partial charge in [-0.05, 0) is 25.3 Å². The molecule has 0 aliphatic rings. The van der Waals surface area contributed by atoms with Crippen LogP contribution in [0.4, 0.5) is 0 Å². The summed E-state index contributed by atoms with van der Waals surface area (Å²) in [6.07, 6.45) is 12.4. The second-order valence-corrected chi connectivity index (χ2v) is 5.02. The topological polar surface area (TPSA) is 26.3 Å². The van der Waals surface area contributed by atoms with Crippen LogP contribution in [0.5, 0.6) is 0 Å². The third kappa shape index (κ3) is 13.0. The van der Waals surface area contributed by atoms with Crippen molar-refractivity contribution in [1.82, 2.24) is 0 Å². The van der Waals surface area contributed by atoms with E-state index in [1.165, 1.54) is 31.9 Å². The van der Waals surface area contributed by atoms with Crippen molar-refractivity contribution in [2.45, 2.75) is 72.1 Å². The minimum absolute atomic E-state index is 0.0665. The first-order valence-corrected chi connectivity index (χ1v) is 7.49. The molecule has 2 heteroatoms. The van der Waals surface area contributed by atoms with Crippen molar-refractivity contribution >= 4 is 5.97 Å². The van der Waals surface area contributed by atoms with Gasteiger partial charge in [0.25, 0.3) is 0 Å². The fourth-order valence-corrected chi connectivity index (χ4v) is 1.44. The van der Waals surface area contributed by atoms with Gasteiger partial charge in [-0.3, -0.25) is 4.79 Å². The number of hydrogen-bond donors (Lipinski definition) is 0. The number of esters is 1. The summed E-state index contributed by atoms with van der Waals surface area (Å²) < 4.78 is 4.93. The molecule has 0 radical (unpaired) electrons. The molecule has 0 aliphatic heterocycles. The zero-order valence-electron chi connectivity index (χ0n) is 12.7. The highest BCUT2D eigenvalue weighted by Gasteiger charge is 2.05. The molecule has 0 atom stereocenters. The molecular weight excluding hydrogens is 236 g/mol. The lowest BCUT2D eigenvalue weighted by atomic mass is 10.1. The van der Waals surface area contributed by atoms with Crippen LogP contribution in [0.15, 0.2) is 12.3 Å². The van der Waals surface area contributed by atoms with Crippen LogP contribution in [0.3, 0.4) is 0 Å². The first-order chi connectivity index (χ1) is 9.18. The molecule has 0 fully saturated rings. The number of hydrogen-bond acceptors (Lipinski definition) is 2. The van der Waals surface area contributed by atoms with Gasteiger partial charge in [-0.2, -0.15) is 0 Å². The highest BCUT2D eigenvalue weighted by Crippen LogP contribution is 2.02. The van der Waals surface area contributed by atoms with Crippen molar-refractivity contribution in [2.75, 3.05) is 0 Å². The average Bonchev–Trinajstić information content (AvgIpc) is 2.39. The third-order valence-corrected chi connectivity index (χ3v) is 2.70. The molecule has 0 aliphatic carbocycles. The lowest BCUT2D eigenvalue weighted by Gasteiger charge is -2.00. The number of ether oxygens (including phenoxy) is 1. The van der Waals surface area contributed by atoms with Gasteiger partial charge in [0.15, 0.2) is 0 Å². The largest absolute Gasteiger partial charge is 0.435 e. The van der Waals surface area contributed by atoms with Gasteiger partial charge in [-0.15, -0.1) is 11.8 Å². The molecule has 0 unspecified atom stereocenters. The number of allylic oxidation sites excluding steroid dienone is 1. The molecule has 0 spiro atoms. The van der Waals surface area contributed by atoms with Crippen LogP contribution in [0.25, 0.3) is 0 Å². The summed E-state index contributed by atoms with van der Waals surface area (Å²) >= 11 is 0. The van der Waals surface area contributed by atoms with E-state index in [1.54, 1.807) is 0 Å².